The molecule has 12 nitrogen and oxygen atoms in total. The van der Waals surface area contributed by atoms with Crippen LogP contribution in [0.25, 0.3) is 0 Å². The molecule has 0 bridgehead atoms. The number of non-ortho nitro benzene ring substituents is 1. The molecule has 1 saturated heterocycles. The Morgan fingerprint density at radius 1 is 1.18 bits per heavy atom. The van der Waals surface area contributed by atoms with Gasteiger partial charge in [0.2, 0.25) is 10.0 Å². The first kappa shape index (κ1) is 25.1. The van der Waals surface area contributed by atoms with Gasteiger partial charge in [-0.05, 0) is 36.8 Å². The smallest absolute Gasteiger partial charge is 0.338 e. The molecule has 1 heterocycles. The molecule has 1 fully saturated rings. The molecule has 2 aromatic rings. The fraction of sp³-hybridized carbons (Fsp3) is 0.333. The van der Waals surface area contributed by atoms with Crippen LogP contribution in [0.1, 0.15) is 15.9 Å². The van der Waals surface area contributed by atoms with Gasteiger partial charge in [-0.1, -0.05) is 0 Å². The number of sulfonamides is 1. The van der Waals surface area contributed by atoms with Crippen LogP contribution < -0.4 is 10.1 Å². The topological polar surface area (TPSA) is 154 Å². The van der Waals surface area contributed by atoms with Crippen LogP contribution in [0.4, 0.5) is 11.4 Å². The summed E-state index contributed by atoms with van der Waals surface area (Å²) in [6, 6.07) is 7.73. The van der Waals surface area contributed by atoms with Crippen molar-refractivity contribution in [1.82, 2.24) is 4.31 Å². The molecular formula is C21H23N3O9S. The second-order valence-electron chi connectivity index (χ2n) is 7.26. The lowest BCUT2D eigenvalue weighted by Gasteiger charge is -2.26. The average Bonchev–Trinajstić information content (AvgIpc) is 2.83. The van der Waals surface area contributed by atoms with E-state index in [1.165, 1.54) is 41.7 Å². The van der Waals surface area contributed by atoms with Gasteiger partial charge in [0.05, 0.1) is 30.8 Å². The lowest BCUT2D eigenvalue weighted by molar-refractivity contribution is -0.384. The molecule has 0 aliphatic carbocycles. The van der Waals surface area contributed by atoms with Gasteiger partial charge in [-0.15, -0.1) is 0 Å². The number of methoxy groups -OCH3 is 1. The number of carbonyl (C=O) groups is 2. The van der Waals surface area contributed by atoms with Crippen molar-refractivity contribution in [2.75, 3.05) is 45.3 Å². The molecule has 0 spiro atoms. The van der Waals surface area contributed by atoms with E-state index in [9.17, 15) is 28.1 Å². The summed E-state index contributed by atoms with van der Waals surface area (Å²) in [6.07, 6.45) is 0. The lowest BCUT2D eigenvalue weighted by Crippen LogP contribution is -2.40. The normalized spacial score (nSPS) is 14.3. The molecule has 0 radical (unpaired) electrons. The van der Waals surface area contributed by atoms with E-state index in [0.717, 1.165) is 6.07 Å². The van der Waals surface area contributed by atoms with Crippen molar-refractivity contribution in [3.8, 4) is 5.75 Å². The largest absolute Gasteiger partial charge is 0.495 e. The van der Waals surface area contributed by atoms with E-state index in [0.29, 0.717) is 11.3 Å². The van der Waals surface area contributed by atoms with Crippen molar-refractivity contribution < 1.29 is 37.1 Å². The fourth-order valence-electron chi connectivity index (χ4n) is 3.23. The molecule has 1 aliphatic heterocycles. The average molecular weight is 493 g/mol. The van der Waals surface area contributed by atoms with Crippen molar-refractivity contribution in [2.24, 2.45) is 0 Å². The Labute approximate surface area is 195 Å². The van der Waals surface area contributed by atoms with E-state index in [2.05, 4.69) is 5.32 Å². The molecule has 13 heteroatoms. The van der Waals surface area contributed by atoms with Crippen LogP contribution in [0.3, 0.4) is 0 Å². The van der Waals surface area contributed by atoms with Crippen LogP contribution in [0.15, 0.2) is 41.3 Å². The predicted molar refractivity (Wildman–Crippen MR) is 119 cm³/mol. The molecule has 0 saturated carbocycles. The van der Waals surface area contributed by atoms with Gasteiger partial charge in [0.15, 0.2) is 6.61 Å². The van der Waals surface area contributed by atoms with Crippen LogP contribution >= 0.6 is 0 Å². The highest BCUT2D eigenvalue weighted by atomic mass is 32.2. The Kier molecular flexibility index (Phi) is 7.81. The zero-order chi connectivity index (χ0) is 24.9. The van der Waals surface area contributed by atoms with E-state index in [1.54, 1.807) is 6.92 Å². The first-order valence-corrected chi connectivity index (χ1v) is 11.6. The Morgan fingerprint density at radius 2 is 1.88 bits per heavy atom. The quantitative estimate of drug-likeness (QED) is 0.329. The van der Waals surface area contributed by atoms with Crippen molar-refractivity contribution >= 4 is 33.3 Å². The van der Waals surface area contributed by atoms with Gasteiger partial charge in [0.25, 0.3) is 11.6 Å². The van der Waals surface area contributed by atoms with Gasteiger partial charge in [-0.2, -0.15) is 4.31 Å². The molecule has 0 atom stereocenters. The number of hydrogen-bond acceptors (Lipinski definition) is 9. The molecule has 34 heavy (non-hydrogen) atoms. The van der Waals surface area contributed by atoms with E-state index in [1.807, 2.05) is 0 Å². The van der Waals surface area contributed by atoms with E-state index in [4.69, 9.17) is 14.2 Å². The SMILES string of the molecule is COc1ccc(C(=O)OCC(=O)Nc2ccc([N+](=O)[O-])cc2C)cc1S(=O)(=O)N1CCOCC1. The summed E-state index contributed by atoms with van der Waals surface area (Å²) >= 11 is 0. The summed E-state index contributed by atoms with van der Waals surface area (Å²) in [5.74, 6) is -1.51. The molecule has 3 rings (SSSR count). The highest BCUT2D eigenvalue weighted by Gasteiger charge is 2.30. The maximum atomic E-state index is 13.0. The molecule has 1 amide bonds. The van der Waals surface area contributed by atoms with Crippen molar-refractivity contribution in [2.45, 2.75) is 11.8 Å². The summed E-state index contributed by atoms with van der Waals surface area (Å²) in [5, 5.41) is 13.3. The number of hydrogen-bond donors (Lipinski definition) is 1. The summed E-state index contributed by atoms with van der Waals surface area (Å²) < 4.78 is 42.7. The van der Waals surface area contributed by atoms with Gasteiger partial charge in [0.1, 0.15) is 10.6 Å². The summed E-state index contributed by atoms with van der Waals surface area (Å²) in [4.78, 5) is 34.8. The standard InChI is InChI=1S/C21H23N3O9S/c1-14-11-16(24(27)28)4-5-17(14)22-20(25)13-33-21(26)15-3-6-18(31-2)19(12-15)34(29,30)23-7-9-32-10-8-23/h3-6,11-12H,7-10,13H2,1-2H3,(H,22,25). The Bertz CT molecular complexity index is 1210. The minimum Gasteiger partial charge on any atom is -0.495 e. The number of anilines is 1. The number of nitro groups is 1. The molecule has 2 aromatic carbocycles. The third-order valence-corrected chi connectivity index (χ3v) is 6.94. The third kappa shape index (κ3) is 5.68. The first-order valence-electron chi connectivity index (χ1n) is 10.1. The van der Waals surface area contributed by atoms with Gasteiger partial charge >= 0.3 is 5.97 Å². The monoisotopic (exact) mass is 493 g/mol. The number of carbonyl (C=O) groups excluding carboxylic acids is 2. The van der Waals surface area contributed by atoms with Crippen LogP contribution in [-0.2, 0) is 24.3 Å². The number of morpholine rings is 1. The lowest BCUT2D eigenvalue weighted by atomic mass is 10.2. The number of nitro benzene ring substituents is 1. The Hall–Kier alpha value is -3.55. The molecule has 182 valence electrons. The highest BCUT2D eigenvalue weighted by Crippen LogP contribution is 2.29. The number of nitrogens with one attached hydrogen (secondary N) is 1. The maximum absolute atomic E-state index is 13.0. The summed E-state index contributed by atoms with van der Waals surface area (Å²) in [5.41, 5.74) is 0.591. The van der Waals surface area contributed by atoms with E-state index < -0.39 is 33.4 Å². The van der Waals surface area contributed by atoms with Crippen LogP contribution in [0.2, 0.25) is 0 Å². The zero-order valence-electron chi connectivity index (χ0n) is 18.5. The second-order valence-corrected chi connectivity index (χ2v) is 9.17. The number of aryl methyl sites for hydroxylation is 1. The predicted octanol–water partition coefficient (Wildman–Crippen LogP) is 1.73. The minimum absolute atomic E-state index is 0.0643. The summed E-state index contributed by atoms with van der Waals surface area (Å²) in [7, 11) is -2.64. The molecule has 0 unspecified atom stereocenters. The molecule has 0 aromatic heterocycles. The highest BCUT2D eigenvalue weighted by molar-refractivity contribution is 7.89. The number of nitrogens with zero attached hydrogens (tertiary/aromatic N) is 2. The van der Waals surface area contributed by atoms with Crippen molar-refractivity contribution in [3.63, 3.8) is 0 Å². The van der Waals surface area contributed by atoms with Crippen LogP contribution in [0.5, 0.6) is 5.75 Å². The number of esters is 1. The third-order valence-electron chi connectivity index (χ3n) is 5.02. The van der Waals surface area contributed by atoms with Crippen LogP contribution in [-0.4, -0.2) is 69.5 Å². The van der Waals surface area contributed by atoms with Gasteiger partial charge < -0.3 is 19.5 Å². The second kappa shape index (κ2) is 10.6. The van der Waals surface area contributed by atoms with Crippen molar-refractivity contribution in [1.29, 1.82) is 0 Å². The maximum Gasteiger partial charge on any atom is 0.338 e. The number of rotatable bonds is 8. The summed E-state index contributed by atoms with van der Waals surface area (Å²) in [6.45, 7) is 1.79. The first-order chi connectivity index (χ1) is 16.1. The zero-order valence-corrected chi connectivity index (χ0v) is 19.3. The molecule has 1 N–H and O–H groups in total. The number of amides is 1. The molecule has 1 aliphatic rings. The minimum atomic E-state index is -3.95. The molecular weight excluding hydrogens is 470 g/mol. The van der Waals surface area contributed by atoms with Gasteiger partial charge in [-0.3, -0.25) is 14.9 Å². The Morgan fingerprint density at radius 3 is 2.50 bits per heavy atom. The fourth-order valence-corrected chi connectivity index (χ4v) is 4.82. The van der Waals surface area contributed by atoms with E-state index in [-0.39, 0.29) is 48.2 Å². The van der Waals surface area contributed by atoms with Crippen molar-refractivity contribution in [3.05, 3.63) is 57.6 Å². The number of benzene rings is 2. The van der Waals surface area contributed by atoms with Gasteiger partial charge in [-0.25, -0.2) is 13.2 Å². The number of ether oxygens (including phenoxy) is 3. The van der Waals surface area contributed by atoms with E-state index >= 15 is 0 Å². The van der Waals surface area contributed by atoms with Gasteiger partial charge in [0, 0.05) is 30.9 Å². The Balaban J connectivity index is 1.69. The van der Waals surface area contributed by atoms with Crippen LogP contribution in [0, 0.1) is 17.0 Å².